The van der Waals surface area contributed by atoms with E-state index >= 15 is 0 Å². The highest BCUT2D eigenvalue weighted by molar-refractivity contribution is 5.90. The van der Waals surface area contributed by atoms with Gasteiger partial charge in [0.1, 0.15) is 0 Å². The Bertz CT molecular complexity index is 522. The Labute approximate surface area is 118 Å². The number of carboxylic acids is 1. The van der Waals surface area contributed by atoms with E-state index in [1.54, 1.807) is 24.3 Å². The number of anilines is 1. The first-order valence-electron chi connectivity index (χ1n) is 6.42. The van der Waals surface area contributed by atoms with E-state index in [0.717, 1.165) is 12.5 Å². The van der Waals surface area contributed by atoms with Gasteiger partial charge in [-0.25, -0.2) is 9.59 Å². The van der Waals surface area contributed by atoms with Crippen LogP contribution in [0.3, 0.4) is 0 Å². The van der Waals surface area contributed by atoms with Gasteiger partial charge in [0, 0.05) is 17.3 Å². The molecular formula is C15H20N2O3. The van der Waals surface area contributed by atoms with Crippen LogP contribution in [-0.4, -0.2) is 22.6 Å². The van der Waals surface area contributed by atoms with Crippen LogP contribution < -0.4 is 10.6 Å². The quantitative estimate of drug-likeness (QED) is 0.723. The summed E-state index contributed by atoms with van der Waals surface area (Å²) >= 11 is 0. The number of hydrogen-bond acceptors (Lipinski definition) is 2. The van der Waals surface area contributed by atoms with E-state index in [1.807, 2.05) is 20.8 Å². The molecule has 0 aromatic heterocycles. The van der Waals surface area contributed by atoms with E-state index in [2.05, 4.69) is 10.6 Å². The first-order chi connectivity index (χ1) is 9.32. The minimum Gasteiger partial charge on any atom is -0.478 e. The smallest absolute Gasteiger partial charge is 0.328 e. The maximum absolute atomic E-state index is 11.8. The van der Waals surface area contributed by atoms with Gasteiger partial charge < -0.3 is 15.7 Å². The second kappa shape index (κ2) is 6.75. The molecule has 2 amide bonds. The van der Waals surface area contributed by atoms with E-state index in [-0.39, 0.29) is 11.6 Å². The number of amides is 2. The molecule has 20 heavy (non-hydrogen) atoms. The fourth-order valence-corrected chi connectivity index (χ4v) is 1.45. The molecule has 1 rings (SSSR count). The van der Waals surface area contributed by atoms with Gasteiger partial charge in [0.2, 0.25) is 0 Å². The van der Waals surface area contributed by atoms with Crippen LogP contribution >= 0.6 is 0 Å². The van der Waals surface area contributed by atoms with Crippen LogP contribution in [0, 0.1) is 0 Å². The summed E-state index contributed by atoms with van der Waals surface area (Å²) in [6, 6.07) is 6.69. The van der Waals surface area contributed by atoms with Crippen LogP contribution in [0.25, 0.3) is 6.08 Å². The maximum atomic E-state index is 11.8. The van der Waals surface area contributed by atoms with Gasteiger partial charge in [0.25, 0.3) is 0 Å². The highest BCUT2D eigenvalue weighted by atomic mass is 16.4. The Kier molecular flexibility index (Phi) is 5.32. The summed E-state index contributed by atoms with van der Waals surface area (Å²) in [4.78, 5) is 22.3. The lowest BCUT2D eigenvalue weighted by Gasteiger charge is -2.24. The number of aliphatic carboxylic acids is 1. The Balaban J connectivity index is 2.71. The van der Waals surface area contributed by atoms with Crippen molar-refractivity contribution in [3.63, 3.8) is 0 Å². The van der Waals surface area contributed by atoms with Crippen LogP contribution in [0.15, 0.2) is 30.3 Å². The minimum absolute atomic E-state index is 0.273. The largest absolute Gasteiger partial charge is 0.478 e. The van der Waals surface area contributed by atoms with Crippen molar-refractivity contribution < 1.29 is 14.7 Å². The predicted molar refractivity (Wildman–Crippen MR) is 79.6 cm³/mol. The van der Waals surface area contributed by atoms with Crippen molar-refractivity contribution in [3.8, 4) is 0 Å². The molecule has 0 aliphatic carbocycles. The third kappa shape index (κ3) is 5.56. The fraction of sp³-hybridized carbons (Fsp3) is 0.333. The third-order valence-corrected chi connectivity index (χ3v) is 2.90. The first kappa shape index (κ1) is 15.8. The molecule has 0 fully saturated rings. The molecule has 0 aliphatic heterocycles. The Morgan fingerprint density at radius 3 is 2.65 bits per heavy atom. The van der Waals surface area contributed by atoms with Crippen LogP contribution in [0.4, 0.5) is 10.5 Å². The zero-order valence-electron chi connectivity index (χ0n) is 11.9. The molecular weight excluding hydrogens is 256 g/mol. The summed E-state index contributed by atoms with van der Waals surface area (Å²) in [6.07, 6.45) is 3.35. The van der Waals surface area contributed by atoms with Gasteiger partial charge in [0.15, 0.2) is 0 Å². The lowest BCUT2D eigenvalue weighted by atomic mass is 10.0. The Morgan fingerprint density at radius 2 is 2.05 bits per heavy atom. The summed E-state index contributed by atoms with van der Waals surface area (Å²) in [7, 11) is 0. The molecule has 5 nitrogen and oxygen atoms in total. The summed E-state index contributed by atoms with van der Waals surface area (Å²) < 4.78 is 0. The summed E-state index contributed by atoms with van der Waals surface area (Å²) in [5.74, 6) is -1.01. The standard InChI is InChI=1S/C15H20N2O3/c1-4-15(2,3)17-14(20)16-12-7-5-6-11(10-12)8-9-13(18)19/h5-10H,4H2,1-3H3,(H,18,19)(H2,16,17,20)/b9-8+. The topological polar surface area (TPSA) is 78.4 Å². The van der Waals surface area contributed by atoms with E-state index in [1.165, 1.54) is 6.08 Å². The third-order valence-electron chi connectivity index (χ3n) is 2.90. The van der Waals surface area contributed by atoms with Crippen LogP contribution in [0.1, 0.15) is 32.8 Å². The van der Waals surface area contributed by atoms with Gasteiger partial charge in [-0.2, -0.15) is 0 Å². The number of urea groups is 1. The van der Waals surface area contributed by atoms with Crippen molar-refractivity contribution in [1.82, 2.24) is 5.32 Å². The zero-order chi connectivity index (χ0) is 15.2. The zero-order valence-corrected chi connectivity index (χ0v) is 11.9. The summed E-state index contributed by atoms with van der Waals surface area (Å²) in [5, 5.41) is 14.2. The molecule has 108 valence electrons. The van der Waals surface area contributed by atoms with Crippen molar-refractivity contribution in [1.29, 1.82) is 0 Å². The SMILES string of the molecule is CCC(C)(C)NC(=O)Nc1cccc(/C=C/C(=O)O)c1. The molecule has 5 heteroatoms. The molecule has 0 unspecified atom stereocenters. The van der Waals surface area contributed by atoms with Crippen molar-refractivity contribution in [2.24, 2.45) is 0 Å². The number of carbonyl (C=O) groups is 2. The molecule has 0 heterocycles. The Hall–Kier alpha value is -2.30. The van der Waals surface area contributed by atoms with Crippen LogP contribution in [-0.2, 0) is 4.79 Å². The van der Waals surface area contributed by atoms with Gasteiger partial charge in [-0.05, 0) is 44.0 Å². The van der Waals surface area contributed by atoms with Crippen molar-refractivity contribution in [2.45, 2.75) is 32.7 Å². The van der Waals surface area contributed by atoms with Gasteiger partial charge >= 0.3 is 12.0 Å². The molecule has 0 bridgehead atoms. The molecule has 3 N–H and O–H groups in total. The second-order valence-electron chi connectivity index (χ2n) is 5.11. The van der Waals surface area contributed by atoms with Crippen molar-refractivity contribution in [3.05, 3.63) is 35.9 Å². The van der Waals surface area contributed by atoms with Crippen molar-refractivity contribution in [2.75, 3.05) is 5.32 Å². The van der Waals surface area contributed by atoms with Gasteiger partial charge in [-0.3, -0.25) is 0 Å². The molecule has 1 aromatic rings. The highest BCUT2D eigenvalue weighted by Crippen LogP contribution is 2.13. The molecule has 0 saturated carbocycles. The average molecular weight is 276 g/mol. The highest BCUT2D eigenvalue weighted by Gasteiger charge is 2.17. The van der Waals surface area contributed by atoms with E-state index in [4.69, 9.17) is 5.11 Å². The van der Waals surface area contributed by atoms with Gasteiger partial charge in [-0.15, -0.1) is 0 Å². The maximum Gasteiger partial charge on any atom is 0.328 e. The number of rotatable bonds is 5. The number of nitrogens with one attached hydrogen (secondary N) is 2. The molecule has 0 aliphatic rings. The number of hydrogen-bond donors (Lipinski definition) is 3. The van der Waals surface area contributed by atoms with Gasteiger partial charge in [0.05, 0.1) is 0 Å². The molecule has 0 spiro atoms. The minimum atomic E-state index is -1.01. The van der Waals surface area contributed by atoms with Crippen LogP contribution in [0.2, 0.25) is 0 Å². The lowest BCUT2D eigenvalue weighted by molar-refractivity contribution is -0.131. The average Bonchev–Trinajstić information content (AvgIpc) is 2.36. The van der Waals surface area contributed by atoms with Gasteiger partial charge in [-0.1, -0.05) is 19.1 Å². The van der Waals surface area contributed by atoms with Crippen molar-refractivity contribution >= 4 is 23.8 Å². The van der Waals surface area contributed by atoms with E-state index in [9.17, 15) is 9.59 Å². The monoisotopic (exact) mass is 276 g/mol. The summed E-state index contributed by atoms with van der Waals surface area (Å²) in [6.45, 7) is 5.88. The second-order valence-corrected chi connectivity index (χ2v) is 5.11. The normalized spacial score (nSPS) is 11.3. The number of carbonyl (C=O) groups excluding carboxylic acids is 1. The molecule has 0 radical (unpaired) electrons. The molecule has 1 aromatic carbocycles. The van der Waals surface area contributed by atoms with E-state index < -0.39 is 5.97 Å². The van der Waals surface area contributed by atoms with E-state index in [0.29, 0.717) is 11.3 Å². The first-order valence-corrected chi connectivity index (χ1v) is 6.42. The number of benzene rings is 1. The summed E-state index contributed by atoms with van der Waals surface area (Å²) in [5.41, 5.74) is 1.05. The lowest BCUT2D eigenvalue weighted by Crippen LogP contribution is -2.45. The number of carboxylic acid groups (broad SMARTS) is 1. The predicted octanol–water partition coefficient (Wildman–Crippen LogP) is 3.09. The molecule has 0 atom stereocenters. The van der Waals surface area contributed by atoms with Crippen LogP contribution in [0.5, 0.6) is 0 Å². The molecule has 0 saturated heterocycles. The Morgan fingerprint density at radius 1 is 1.35 bits per heavy atom. The fourth-order valence-electron chi connectivity index (χ4n) is 1.45.